The zero-order chi connectivity index (χ0) is 34.0. The Bertz CT molecular complexity index is 1980. The van der Waals surface area contributed by atoms with Crippen LogP contribution >= 0.6 is 15.2 Å². The zero-order valence-electron chi connectivity index (χ0n) is 26.2. The van der Waals surface area contributed by atoms with E-state index in [1.807, 2.05) is 24.3 Å². The first-order chi connectivity index (χ1) is 24.5. The van der Waals surface area contributed by atoms with Crippen molar-refractivity contribution in [3.05, 3.63) is 146 Å². The molecule has 0 bridgehead atoms. The molecule has 6 aromatic rings. The smallest absolute Gasteiger partial charge is 0.454 e. The molecule has 250 valence electrons. The Balaban J connectivity index is 1.40. The van der Waals surface area contributed by atoms with E-state index in [2.05, 4.69) is 0 Å². The summed E-state index contributed by atoms with van der Waals surface area (Å²) in [5.41, 5.74) is 0.363. The third-order valence-corrected chi connectivity index (χ3v) is 11.5. The molecule has 0 fully saturated rings. The fourth-order valence-electron chi connectivity index (χ4n) is 5.58. The molecule has 0 saturated heterocycles. The normalized spacial score (nSPS) is 13.0. The standard InChI is InChI=1S/C38H28O10P2/c39-49(45-27-13-5-1-6-14-27,46-28-15-7-2-8-16-28)33-23-21-31-37(43-25-41-31)35(33)36-34(24-22-32-38(36)44-26-42-32)50(40,47-29-17-9-3-10-18-29)48-30-19-11-4-12-20-30/h1-24H,25-26H2. The Morgan fingerprint density at radius 2 is 0.680 bits per heavy atom. The average molecular weight is 707 g/mol. The van der Waals surface area contributed by atoms with E-state index < -0.39 is 15.2 Å². The Morgan fingerprint density at radius 1 is 0.380 bits per heavy atom. The molecule has 0 aromatic heterocycles. The lowest BCUT2D eigenvalue weighted by atomic mass is 10.0. The molecule has 0 unspecified atom stereocenters. The molecule has 0 amide bonds. The number of para-hydroxylation sites is 4. The van der Waals surface area contributed by atoms with Crippen molar-refractivity contribution in [3.8, 4) is 57.1 Å². The predicted molar refractivity (Wildman–Crippen MR) is 187 cm³/mol. The van der Waals surface area contributed by atoms with E-state index in [1.165, 1.54) is 0 Å². The SMILES string of the molecule is O=P(Oc1ccccc1)(Oc1ccccc1)c1ccc2c(c1-c1c(P(=O)(Oc3ccccc3)Oc3ccccc3)ccc3c1OCO3)OCO2. The lowest BCUT2D eigenvalue weighted by molar-refractivity contribution is 0.173. The van der Waals surface area contributed by atoms with Crippen LogP contribution in [0.5, 0.6) is 46.0 Å². The van der Waals surface area contributed by atoms with Gasteiger partial charge in [0.2, 0.25) is 13.6 Å². The molecule has 2 heterocycles. The maximum atomic E-state index is 15.4. The van der Waals surface area contributed by atoms with Gasteiger partial charge >= 0.3 is 15.2 Å². The largest absolute Gasteiger partial charge is 0.463 e. The fourth-order valence-corrected chi connectivity index (χ4v) is 9.13. The van der Waals surface area contributed by atoms with Crippen LogP contribution in [0, 0.1) is 0 Å². The van der Waals surface area contributed by atoms with Crippen LogP contribution in [-0.4, -0.2) is 13.6 Å². The summed E-state index contributed by atoms with van der Waals surface area (Å²) < 4.78 is 79.8. The molecular weight excluding hydrogens is 678 g/mol. The number of fused-ring (bicyclic) bond motifs is 2. The Labute approximate surface area is 287 Å². The second kappa shape index (κ2) is 13.2. The molecule has 10 nitrogen and oxygen atoms in total. The van der Waals surface area contributed by atoms with Crippen molar-refractivity contribution in [1.29, 1.82) is 0 Å². The first kappa shape index (κ1) is 31.4. The van der Waals surface area contributed by atoms with Crippen LogP contribution in [0.15, 0.2) is 146 Å². The highest BCUT2D eigenvalue weighted by atomic mass is 31.2. The van der Waals surface area contributed by atoms with Crippen molar-refractivity contribution in [2.24, 2.45) is 0 Å². The van der Waals surface area contributed by atoms with Gasteiger partial charge in [-0.2, -0.15) is 0 Å². The summed E-state index contributed by atoms with van der Waals surface area (Å²) in [4.78, 5) is 0. The molecule has 6 aromatic carbocycles. The monoisotopic (exact) mass is 706 g/mol. The molecule has 0 spiro atoms. The van der Waals surface area contributed by atoms with Gasteiger partial charge in [-0.3, -0.25) is 0 Å². The second-order valence-corrected chi connectivity index (χ2v) is 14.7. The fraction of sp³-hybridized carbons (Fsp3) is 0.0526. The minimum Gasteiger partial charge on any atom is -0.454 e. The van der Waals surface area contributed by atoms with Crippen LogP contribution in [0.2, 0.25) is 0 Å². The third-order valence-electron chi connectivity index (χ3n) is 7.75. The van der Waals surface area contributed by atoms with E-state index in [4.69, 9.17) is 37.0 Å². The van der Waals surface area contributed by atoms with Gasteiger partial charge in [-0.05, 0) is 72.8 Å². The molecule has 50 heavy (non-hydrogen) atoms. The van der Waals surface area contributed by atoms with Crippen LogP contribution in [0.25, 0.3) is 11.1 Å². The number of benzene rings is 6. The minimum absolute atomic E-state index is 0.0746. The third kappa shape index (κ3) is 6.11. The molecule has 12 heteroatoms. The van der Waals surface area contributed by atoms with E-state index in [9.17, 15) is 0 Å². The number of rotatable bonds is 11. The first-order valence-electron chi connectivity index (χ1n) is 15.5. The second-order valence-electron chi connectivity index (χ2n) is 11.0. The van der Waals surface area contributed by atoms with E-state index in [0.717, 1.165) is 0 Å². The first-order valence-corrected chi connectivity index (χ1v) is 18.6. The topological polar surface area (TPSA) is 108 Å². The van der Waals surface area contributed by atoms with Crippen LogP contribution in [0.4, 0.5) is 0 Å². The number of hydrogen-bond donors (Lipinski definition) is 0. The molecule has 2 aliphatic rings. The summed E-state index contributed by atoms with van der Waals surface area (Å²) >= 11 is 0. The zero-order valence-corrected chi connectivity index (χ0v) is 28.0. The van der Waals surface area contributed by atoms with Gasteiger partial charge in [0.25, 0.3) is 0 Å². The molecular formula is C38H28O10P2. The van der Waals surface area contributed by atoms with Gasteiger partial charge in [0.05, 0.1) is 11.1 Å². The molecule has 0 N–H and O–H groups in total. The van der Waals surface area contributed by atoms with Gasteiger partial charge in [0.15, 0.2) is 23.0 Å². The van der Waals surface area contributed by atoms with Crippen LogP contribution in [0.3, 0.4) is 0 Å². The predicted octanol–water partition coefficient (Wildman–Crippen LogP) is 8.76. The minimum atomic E-state index is -4.38. The van der Waals surface area contributed by atoms with Gasteiger partial charge in [-0.25, -0.2) is 9.13 Å². The number of hydrogen-bond acceptors (Lipinski definition) is 10. The summed E-state index contributed by atoms with van der Waals surface area (Å²) in [6.45, 7) is -0.259. The Morgan fingerprint density at radius 3 is 0.980 bits per heavy atom. The molecule has 0 aliphatic carbocycles. The van der Waals surface area contributed by atoms with Crippen molar-refractivity contribution in [2.75, 3.05) is 13.6 Å². The molecule has 8 rings (SSSR count). The van der Waals surface area contributed by atoms with Gasteiger partial charge in [-0.15, -0.1) is 0 Å². The van der Waals surface area contributed by atoms with Gasteiger partial charge in [-0.1, -0.05) is 72.8 Å². The molecule has 0 radical (unpaired) electrons. The highest BCUT2D eigenvalue weighted by Gasteiger charge is 2.45. The summed E-state index contributed by atoms with van der Waals surface area (Å²) in [6, 6.07) is 41.1. The van der Waals surface area contributed by atoms with E-state index >= 15 is 9.13 Å². The van der Waals surface area contributed by atoms with Crippen molar-refractivity contribution in [2.45, 2.75) is 0 Å². The lowest BCUT2D eigenvalue weighted by Crippen LogP contribution is -2.23. The van der Waals surface area contributed by atoms with Crippen molar-refractivity contribution in [3.63, 3.8) is 0 Å². The van der Waals surface area contributed by atoms with Crippen LogP contribution in [-0.2, 0) is 9.13 Å². The summed E-state index contributed by atoms with van der Waals surface area (Å²) in [5, 5.41) is 0.149. The Hall–Kier alpha value is -5.82. The van der Waals surface area contributed by atoms with Crippen molar-refractivity contribution in [1.82, 2.24) is 0 Å². The summed E-state index contributed by atoms with van der Waals surface area (Å²) in [6.07, 6.45) is 0. The van der Waals surface area contributed by atoms with Crippen molar-refractivity contribution >= 4 is 25.8 Å². The molecule has 0 saturated carbocycles. The van der Waals surface area contributed by atoms with Gasteiger partial charge in [0, 0.05) is 0 Å². The molecule has 2 aliphatic heterocycles. The van der Waals surface area contributed by atoms with E-state index in [1.54, 1.807) is 121 Å². The Kier molecular flexibility index (Phi) is 8.33. The highest BCUT2D eigenvalue weighted by Crippen LogP contribution is 2.59. The van der Waals surface area contributed by atoms with Crippen molar-refractivity contribution < 1.29 is 46.2 Å². The summed E-state index contributed by atoms with van der Waals surface area (Å²) in [7, 11) is -8.77. The lowest BCUT2D eigenvalue weighted by Gasteiger charge is -2.26. The van der Waals surface area contributed by atoms with E-state index in [-0.39, 0.29) is 46.8 Å². The van der Waals surface area contributed by atoms with Gasteiger partial charge < -0.3 is 37.0 Å². The van der Waals surface area contributed by atoms with Crippen LogP contribution in [0.1, 0.15) is 0 Å². The summed E-state index contributed by atoms with van der Waals surface area (Å²) in [5.74, 6) is 2.26. The molecule has 0 atom stereocenters. The average Bonchev–Trinajstić information content (AvgIpc) is 3.83. The maximum absolute atomic E-state index is 15.4. The maximum Gasteiger partial charge on any atom is 0.463 e. The number of ether oxygens (including phenoxy) is 4. The van der Waals surface area contributed by atoms with E-state index in [0.29, 0.717) is 34.5 Å². The van der Waals surface area contributed by atoms with Crippen LogP contribution < -0.4 is 47.7 Å². The quantitative estimate of drug-likeness (QED) is 0.121. The van der Waals surface area contributed by atoms with Gasteiger partial charge in [0.1, 0.15) is 33.6 Å². The highest BCUT2D eigenvalue weighted by molar-refractivity contribution is 7.64.